The number of amides is 2. The third kappa shape index (κ3) is 3.93. The van der Waals surface area contributed by atoms with Crippen LogP contribution in [0.15, 0.2) is 12.1 Å². The third-order valence-electron chi connectivity index (χ3n) is 3.44. The number of carboxylic acid groups (broad SMARTS) is 1. The van der Waals surface area contributed by atoms with Crippen molar-refractivity contribution in [1.82, 2.24) is 5.32 Å². The highest BCUT2D eigenvalue weighted by molar-refractivity contribution is 6.44. The maximum Gasteiger partial charge on any atom is 0.319 e. The van der Waals surface area contributed by atoms with E-state index in [0.717, 1.165) is 6.42 Å². The van der Waals surface area contributed by atoms with Gasteiger partial charge in [-0.15, -0.1) is 0 Å². The number of anilines is 1. The third-order valence-corrected chi connectivity index (χ3v) is 4.47. The predicted octanol–water partition coefficient (Wildman–Crippen LogP) is 4.17. The molecule has 1 aliphatic carbocycles. The maximum absolute atomic E-state index is 12.0. The van der Waals surface area contributed by atoms with Crippen LogP contribution in [0.3, 0.4) is 0 Å². The quantitative estimate of drug-likeness (QED) is 0.712. The van der Waals surface area contributed by atoms with Crippen LogP contribution >= 0.6 is 34.8 Å². The highest BCUT2D eigenvalue weighted by Crippen LogP contribution is 2.36. The largest absolute Gasteiger partial charge is 0.481 e. The Labute approximate surface area is 136 Å². The molecule has 2 rings (SSSR count). The SMILES string of the molecule is O=C(O)CC1(NC(=O)Nc2cc(Cl)c(Cl)cc2Cl)CCC1. The molecule has 0 unspecified atom stereocenters. The second kappa shape index (κ2) is 6.30. The Morgan fingerprint density at radius 3 is 2.29 bits per heavy atom. The van der Waals surface area contributed by atoms with Crippen molar-refractivity contribution in [3.05, 3.63) is 27.2 Å². The molecule has 0 bridgehead atoms. The molecule has 5 nitrogen and oxygen atoms in total. The molecule has 0 aromatic heterocycles. The van der Waals surface area contributed by atoms with Crippen LogP contribution in [-0.2, 0) is 4.79 Å². The fraction of sp³-hybridized carbons (Fsp3) is 0.385. The van der Waals surface area contributed by atoms with E-state index in [0.29, 0.717) is 18.5 Å². The molecule has 3 N–H and O–H groups in total. The fourth-order valence-electron chi connectivity index (χ4n) is 2.25. The Bertz CT molecular complexity index is 588. The lowest BCUT2D eigenvalue weighted by Gasteiger charge is -2.41. The van der Waals surface area contributed by atoms with Gasteiger partial charge in [0.15, 0.2) is 0 Å². The summed E-state index contributed by atoms with van der Waals surface area (Å²) in [7, 11) is 0. The molecule has 1 fully saturated rings. The minimum absolute atomic E-state index is 0.102. The molecule has 0 aliphatic heterocycles. The van der Waals surface area contributed by atoms with Gasteiger partial charge in [-0.3, -0.25) is 4.79 Å². The molecule has 0 saturated heterocycles. The summed E-state index contributed by atoms with van der Waals surface area (Å²) in [6.07, 6.45) is 2.07. The van der Waals surface area contributed by atoms with Gasteiger partial charge in [-0.1, -0.05) is 34.8 Å². The number of halogens is 3. The number of carbonyl (C=O) groups excluding carboxylic acids is 1. The van der Waals surface area contributed by atoms with Gasteiger partial charge in [-0.05, 0) is 31.4 Å². The van der Waals surface area contributed by atoms with Crippen LogP contribution in [0.1, 0.15) is 25.7 Å². The van der Waals surface area contributed by atoms with E-state index in [9.17, 15) is 9.59 Å². The zero-order valence-electron chi connectivity index (χ0n) is 10.9. The Hall–Kier alpha value is -1.17. The molecular formula is C13H13Cl3N2O3. The van der Waals surface area contributed by atoms with Crippen LogP contribution in [0.4, 0.5) is 10.5 Å². The first kappa shape index (κ1) is 16.2. The van der Waals surface area contributed by atoms with Crippen LogP contribution < -0.4 is 10.6 Å². The number of rotatable bonds is 4. The minimum Gasteiger partial charge on any atom is -0.481 e. The van der Waals surface area contributed by atoms with Crippen molar-refractivity contribution in [3.8, 4) is 0 Å². The summed E-state index contributed by atoms with van der Waals surface area (Å²) in [5.41, 5.74) is -0.369. The van der Waals surface area contributed by atoms with Gasteiger partial charge < -0.3 is 15.7 Å². The number of benzene rings is 1. The standard InChI is InChI=1S/C13H13Cl3N2O3/c14-7-4-9(16)10(5-8(7)15)17-12(21)18-13(2-1-3-13)6-11(19)20/h4-5H,1-3,6H2,(H,19,20)(H2,17,18,21). The highest BCUT2D eigenvalue weighted by atomic mass is 35.5. The molecule has 0 radical (unpaired) electrons. The van der Waals surface area contributed by atoms with Crippen LogP contribution in [0, 0.1) is 0 Å². The summed E-state index contributed by atoms with van der Waals surface area (Å²) >= 11 is 17.6. The first-order valence-corrected chi connectivity index (χ1v) is 7.40. The fourth-order valence-corrected chi connectivity index (χ4v) is 2.85. The van der Waals surface area contributed by atoms with E-state index >= 15 is 0 Å². The normalized spacial score (nSPS) is 16.0. The Kier molecular flexibility index (Phi) is 4.86. The van der Waals surface area contributed by atoms with Gasteiger partial charge in [0.2, 0.25) is 0 Å². The van der Waals surface area contributed by atoms with Crippen molar-refractivity contribution in [3.63, 3.8) is 0 Å². The van der Waals surface area contributed by atoms with Crippen LogP contribution in [-0.4, -0.2) is 22.6 Å². The lowest BCUT2D eigenvalue weighted by molar-refractivity contribution is -0.139. The summed E-state index contributed by atoms with van der Waals surface area (Å²) in [4.78, 5) is 22.9. The summed E-state index contributed by atoms with van der Waals surface area (Å²) in [6, 6.07) is 2.35. The molecule has 1 aromatic rings. The molecule has 114 valence electrons. The van der Waals surface area contributed by atoms with Crippen molar-refractivity contribution < 1.29 is 14.7 Å². The van der Waals surface area contributed by atoms with E-state index in [4.69, 9.17) is 39.9 Å². The molecule has 21 heavy (non-hydrogen) atoms. The maximum atomic E-state index is 12.0. The number of hydrogen-bond acceptors (Lipinski definition) is 2. The van der Waals surface area contributed by atoms with E-state index in [1.165, 1.54) is 12.1 Å². The van der Waals surface area contributed by atoms with Crippen molar-refractivity contribution >= 4 is 52.5 Å². The van der Waals surface area contributed by atoms with Crippen LogP contribution in [0.5, 0.6) is 0 Å². The van der Waals surface area contributed by atoms with E-state index in [2.05, 4.69) is 10.6 Å². The molecule has 1 saturated carbocycles. The number of nitrogens with one attached hydrogen (secondary N) is 2. The number of carboxylic acids is 1. The second-order valence-corrected chi connectivity index (χ2v) is 6.25. The molecule has 0 heterocycles. The predicted molar refractivity (Wildman–Crippen MR) is 82.5 cm³/mol. The number of carbonyl (C=O) groups is 2. The molecule has 0 spiro atoms. The van der Waals surface area contributed by atoms with Gasteiger partial charge in [0.1, 0.15) is 0 Å². The van der Waals surface area contributed by atoms with Crippen molar-refractivity contribution in [1.29, 1.82) is 0 Å². The zero-order valence-corrected chi connectivity index (χ0v) is 13.1. The van der Waals surface area contributed by atoms with E-state index in [1.807, 2.05) is 0 Å². The van der Waals surface area contributed by atoms with Gasteiger partial charge in [-0.25, -0.2) is 4.79 Å². The summed E-state index contributed by atoms with van der Waals surface area (Å²) in [6.45, 7) is 0. The second-order valence-electron chi connectivity index (χ2n) is 5.03. The van der Waals surface area contributed by atoms with Crippen molar-refractivity contribution in [2.24, 2.45) is 0 Å². The van der Waals surface area contributed by atoms with Gasteiger partial charge in [-0.2, -0.15) is 0 Å². The van der Waals surface area contributed by atoms with E-state index < -0.39 is 17.5 Å². The van der Waals surface area contributed by atoms with Gasteiger partial charge >= 0.3 is 12.0 Å². The first-order valence-electron chi connectivity index (χ1n) is 6.27. The molecular weight excluding hydrogens is 339 g/mol. The lowest BCUT2D eigenvalue weighted by atomic mass is 9.74. The molecule has 1 aliphatic rings. The average Bonchev–Trinajstić information content (AvgIpc) is 2.32. The average molecular weight is 352 g/mol. The van der Waals surface area contributed by atoms with Gasteiger partial charge in [0.05, 0.1) is 32.7 Å². The number of hydrogen-bond donors (Lipinski definition) is 3. The molecule has 1 aromatic carbocycles. The summed E-state index contributed by atoms with van der Waals surface area (Å²) in [5.74, 6) is -0.942. The topological polar surface area (TPSA) is 78.4 Å². The molecule has 0 atom stereocenters. The molecule has 2 amide bonds. The monoisotopic (exact) mass is 350 g/mol. The Morgan fingerprint density at radius 2 is 1.76 bits per heavy atom. The Morgan fingerprint density at radius 1 is 1.14 bits per heavy atom. The van der Waals surface area contributed by atoms with Crippen LogP contribution in [0.25, 0.3) is 0 Å². The number of urea groups is 1. The zero-order chi connectivity index (χ0) is 15.6. The van der Waals surface area contributed by atoms with Crippen LogP contribution in [0.2, 0.25) is 15.1 Å². The van der Waals surface area contributed by atoms with Crippen molar-refractivity contribution in [2.75, 3.05) is 5.32 Å². The lowest BCUT2D eigenvalue weighted by Crippen LogP contribution is -2.55. The van der Waals surface area contributed by atoms with E-state index in [1.54, 1.807) is 0 Å². The van der Waals surface area contributed by atoms with E-state index in [-0.39, 0.29) is 21.5 Å². The number of aliphatic carboxylic acids is 1. The minimum atomic E-state index is -0.942. The summed E-state index contributed by atoms with van der Waals surface area (Å²) < 4.78 is 0. The van der Waals surface area contributed by atoms with Gasteiger partial charge in [0.25, 0.3) is 0 Å². The van der Waals surface area contributed by atoms with Crippen molar-refractivity contribution in [2.45, 2.75) is 31.2 Å². The Balaban J connectivity index is 2.05. The summed E-state index contributed by atoms with van der Waals surface area (Å²) in [5, 5.41) is 15.0. The molecule has 8 heteroatoms. The highest BCUT2D eigenvalue weighted by Gasteiger charge is 2.40. The first-order chi connectivity index (χ1) is 9.81. The smallest absolute Gasteiger partial charge is 0.319 e. The van der Waals surface area contributed by atoms with Gasteiger partial charge in [0, 0.05) is 0 Å².